The van der Waals surface area contributed by atoms with E-state index in [-0.39, 0.29) is 17.0 Å². The number of carbonyl (C=O) groups excluding carboxylic acids is 1. The maximum atomic E-state index is 13.7. The summed E-state index contributed by atoms with van der Waals surface area (Å²) >= 11 is 3.17. The van der Waals surface area contributed by atoms with Gasteiger partial charge in [0.25, 0.3) is 5.91 Å². The molecule has 0 unspecified atom stereocenters. The van der Waals surface area contributed by atoms with E-state index in [1.807, 2.05) is 0 Å². The van der Waals surface area contributed by atoms with Gasteiger partial charge in [-0.3, -0.25) is 9.78 Å². The number of hydrogen-bond acceptors (Lipinski definition) is 3. The molecule has 4 nitrogen and oxygen atoms in total. The van der Waals surface area contributed by atoms with Crippen molar-refractivity contribution in [2.45, 2.75) is 18.4 Å². The van der Waals surface area contributed by atoms with Gasteiger partial charge in [0.1, 0.15) is 0 Å². The highest BCUT2D eigenvalue weighted by molar-refractivity contribution is 9.10. The Kier molecular flexibility index (Phi) is 2.67. The summed E-state index contributed by atoms with van der Waals surface area (Å²) in [6, 6.07) is 0. The van der Waals surface area contributed by atoms with Crippen molar-refractivity contribution in [1.29, 1.82) is 0 Å². The molecule has 2 atom stereocenters. The number of halogens is 2. The lowest BCUT2D eigenvalue weighted by Crippen LogP contribution is -2.54. The van der Waals surface area contributed by atoms with E-state index in [2.05, 4.69) is 20.9 Å². The first-order valence-corrected chi connectivity index (χ1v) is 6.68. The third-order valence-electron chi connectivity index (χ3n) is 4.05. The molecule has 1 aliphatic heterocycles. The van der Waals surface area contributed by atoms with Crippen molar-refractivity contribution in [1.82, 2.24) is 9.88 Å². The molecule has 0 radical (unpaired) electrons. The third kappa shape index (κ3) is 1.66. The van der Waals surface area contributed by atoms with Crippen LogP contribution in [0.3, 0.4) is 0 Å². The zero-order valence-electron chi connectivity index (χ0n) is 9.70. The second kappa shape index (κ2) is 3.99. The van der Waals surface area contributed by atoms with Gasteiger partial charge >= 0.3 is 0 Å². The van der Waals surface area contributed by atoms with Crippen LogP contribution in [0.25, 0.3) is 0 Å². The number of aromatic nitrogens is 1. The number of hydrogen-bond donors (Lipinski definition) is 1. The van der Waals surface area contributed by atoms with Gasteiger partial charge in [-0.1, -0.05) is 0 Å². The Morgan fingerprint density at radius 1 is 1.61 bits per heavy atom. The van der Waals surface area contributed by atoms with Gasteiger partial charge in [0.2, 0.25) is 0 Å². The van der Waals surface area contributed by atoms with Crippen LogP contribution in [0.5, 0.6) is 0 Å². The van der Waals surface area contributed by atoms with Crippen LogP contribution in [0.1, 0.15) is 23.2 Å². The summed E-state index contributed by atoms with van der Waals surface area (Å²) in [4.78, 5) is 17.7. The lowest BCUT2D eigenvalue weighted by atomic mass is 9.70. The number of fused-ring (bicyclic) bond motifs is 1. The average molecular weight is 314 g/mol. The minimum atomic E-state index is -0.598. The van der Waals surface area contributed by atoms with E-state index in [4.69, 9.17) is 5.73 Å². The minimum absolute atomic E-state index is 0.0508. The van der Waals surface area contributed by atoms with Gasteiger partial charge in [-0.25, -0.2) is 4.39 Å². The summed E-state index contributed by atoms with van der Waals surface area (Å²) in [5.74, 6) is -0.536. The Bertz CT molecular complexity index is 504. The van der Waals surface area contributed by atoms with Crippen LogP contribution in [0.15, 0.2) is 16.9 Å². The number of nitrogens with two attached hydrogens (primary N) is 1. The maximum Gasteiger partial charge on any atom is 0.258 e. The maximum absolute atomic E-state index is 13.7. The largest absolute Gasteiger partial charge is 0.336 e. The Hall–Kier alpha value is -1.01. The van der Waals surface area contributed by atoms with Crippen molar-refractivity contribution >= 4 is 21.8 Å². The molecule has 1 aromatic heterocycles. The number of likely N-dealkylation sites (tertiary alicyclic amines) is 1. The summed E-state index contributed by atoms with van der Waals surface area (Å²) < 4.78 is 14.1. The first-order chi connectivity index (χ1) is 8.51. The molecule has 2 heterocycles. The lowest BCUT2D eigenvalue weighted by Gasteiger charge is -2.39. The monoisotopic (exact) mass is 313 g/mol. The average Bonchev–Trinajstić information content (AvgIpc) is 2.53. The smallest absolute Gasteiger partial charge is 0.258 e. The number of pyridine rings is 1. The molecule has 0 bridgehead atoms. The fraction of sp³-hybridized carbons (Fsp3) is 0.500. The highest BCUT2D eigenvalue weighted by atomic mass is 79.9. The summed E-state index contributed by atoms with van der Waals surface area (Å²) in [6.45, 7) is 1.15. The van der Waals surface area contributed by atoms with Crippen LogP contribution in [-0.4, -0.2) is 34.4 Å². The van der Waals surface area contributed by atoms with Crippen molar-refractivity contribution in [2.24, 2.45) is 11.7 Å². The second-order valence-corrected chi connectivity index (χ2v) is 5.99. The molecule has 6 heteroatoms. The van der Waals surface area contributed by atoms with Gasteiger partial charge in [-0.15, -0.1) is 0 Å². The van der Waals surface area contributed by atoms with Crippen LogP contribution >= 0.6 is 15.9 Å². The lowest BCUT2D eigenvalue weighted by molar-refractivity contribution is 0.0779. The van der Waals surface area contributed by atoms with Crippen LogP contribution in [-0.2, 0) is 0 Å². The zero-order valence-corrected chi connectivity index (χ0v) is 11.3. The number of rotatable bonds is 1. The molecular weight excluding hydrogens is 301 g/mol. The Labute approximate surface area is 112 Å². The molecule has 1 aromatic rings. The van der Waals surface area contributed by atoms with E-state index < -0.39 is 5.82 Å². The second-order valence-electron chi connectivity index (χ2n) is 5.13. The van der Waals surface area contributed by atoms with Gasteiger partial charge < -0.3 is 10.6 Å². The molecular formula is C12H13BrFN3O. The quantitative estimate of drug-likeness (QED) is 0.855. The summed E-state index contributed by atoms with van der Waals surface area (Å²) in [6.07, 6.45) is 4.49. The standard InChI is InChI=1S/C12H13BrFN3O/c13-8-3-16-4-9(14)10(8)11(18)17-5-7-1-2-12(7,15)6-17/h3-4,7H,1-2,5-6,15H2/t7-,12-/m0/s1. The van der Waals surface area contributed by atoms with Gasteiger partial charge in [-0.05, 0) is 34.7 Å². The Balaban J connectivity index is 1.88. The van der Waals surface area contributed by atoms with Gasteiger partial charge in [0.05, 0.1) is 16.2 Å². The molecule has 96 valence electrons. The van der Waals surface area contributed by atoms with Crippen LogP contribution in [0, 0.1) is 11.7 Å². The molecule has 3 rings (SSSR count). The molecule has 18 heavy (non-hydrogen) atoms. The molecule has 2 fully saturated rings. The molecule has 1 saturated heterocycles. The van der Waals surface area contributed by atoms with Gasteiger partial charge in [0.15, 0.2) is 5.82 Å². The Morgan fingerprint density at radius 2 is 2.39 bits per heavy atom. The van der Waals surface area contributed by atoms with E-state index in [0.717, 1.165) is 19.0 Å². The van der Waals surface area contributed by atoms with E-state index >= 15 is 0 Å². The number of carbonyl (C=O) groups is 1. The summed E-state index contributed by atoms with van der Waals surface area (Å²) in [5, 5.41) is 0. The number of nitrogens with zero attached hydrogens (tertiary/aromatic N) is 2. The van der Waals surface area contributed by atoms with Crippen molar-refractivity contribution in [3.8, 4) is 0 Å². The predicted molar refractivity (Wildman–Crippen MR) is 67.4 cm³/mol. The van der Waals surface area contributed by atoms with E-state index in [9.17, 15) is 9.18 Å². The van der Waals surface area contributed by atoms with E-state index in [1.165, 1.54) is 6.20 Å². The highest BCUT2D eigenvalue weighted by Crippen LogP contribution is 2.43. The van der Waals surface area contributed by atoms with Crippen molar-refractivity contribution in [3.63, 3.8) is 0 Å². The molecule has 2 aliphatic rings. The first-order valence-electron chi connectivity index (χ1n) is 5.88. The molecule has 1 amide bonds. The normalized spacial score (nSPS) is 29.9. The fourth-order valence-electron chi connectivity index (χ4n) is 2.81. The van der Waals surface area contributed by atoms with Crippen molar-refractivity contribution < 1.29 is 9.18 Å². The molecule has 0 aromatic carbocycles. The van der Waals surface area contributed by atoms with Crippen molar-refractivity contribution in [3.05, 3.63) is 28.2 Å². The molecule has 1 aliphatic carbocycles. The molecule has 1 saturated carbocycles. The third-order valence-corrected chi connectivity index (χ3v) is 4.65. The van der Waals surface area contributed by atoms with Crippen LogP contribution in [0.2, 0.25) is 0 Å². The van der Waals surface area contributed by atoms with Crippen LogP contribution < -0.4 is 5.73 Å². The Morgan fingerprint density at radius 3 is 2.89 bits per heavy atom. The fourth-order valence-corrected chi connectivity index (χ4v) is 3.29. The number of amides is 1. The van der Waals surface area contributed by atoms with Crippen LogP contribution in [0.4, 0.5) is 4.39 Å². The summed E-state index contributed by atoms with van der Waals surface area (Å²) in [5.41, 5.74) is 5.99. The summed E-state index contributed by atoms with van der Waals surface area (Å²) in [7, 11) is 0. The topological polar surface area (TPSA) is 59.2 Å². The molecule has 2 N–H and O–H groups in total. The van der Waals surface area contributed by atoms with E-state index in [0.29, 0.717) is 23.5 Å². The molecule has 0 spiro atoms. The SMILES string of the molecule is N[C@]12CC[C@H]1CN(C(=O)c1c(F)cncc1Br)C2. The highest BCUT2D eigenvalue weighted by Gasteiger charge is 2.51. The zero-order chi connectivity index (χ0) is 12.9. The predicted octanol–water partition coefficient (Wildman–Crippen LogP) is 1.55. The first kappa shape index (κ1) is 12.0. The van der Waals surface area contributed by atoms with Gasteiger partial charge in [-0.2, -0.15) is 0 Å². The van der Waals surface area contributed by atoms with E-state index in [1.54, 1.807) is 4.90 Å². The minimum Gasteiger partial charge on any atom is -0.336 e. The van der Waals surface area contributed by atoms with Gasteiger partial charge in [0, 0.05) is 24.8 Å². The van der Waals surface area contributed by atoms with Crippen molar-refractivity contribution in [2.75, 3.05) is 13.1 Å².